The Kier molecular flexibility index (Phi) is 6.88. The number of hydrogen-bond acceptors (Lipinski definition) is 5. The fourth-order valence-electron chi connectivity index (χ4n) is 3.13. The van der Waals surface area contributed by atoms with Crippen molar-refractivity contribution in [2.24, 2.45) is 0 Å². The molecule has 8 heteroatoms. The Balaban J connectivity index is 1.49. The van der Waals surface area contributed by atoms with Crippen LogP contribution in [0.2, 0.25) is 10.0 Å². The van der Waals surface area contributed by atoms with E-state index in [9.17, 15) is 14.4 Å². The van der Waals surface area contributed by atoms with E-state index >= 15 is 0 Å². The summed E-state index contributed by atoms with van der Waals surface area (Å²) in [6, 6.07) is 18.7. The highest BCUT2D eigenvalue weighted by Gasteiger charge is 2.35. The van der Waals surface area contributed by atoms with E-state index < -0.39 is 11.9 Å². The van der Waals surface area contributed by atoms with Gasteiger partial charge in [0.25, 0.3) is 11.1 Å². The van der Waals surface area contributed by atoms with E-state index in [2.05, 4.69) is 0 Å². The molecule has 1 fully saturated rings. The van der Waals surface area contributed by atoms with Crippen LogP contribution in [0, 0.1) is 6.92 Å². The molecular weight excluding hydrogens is 481 g/mol. The van der Waals surface area contributed by atoms with E-state index in [4.69, 9.17) is 27.9 Å². The molecule has 0 N–H and O–H groups in total. The predicted octanol–water partition coefficient (Wildman–Crippen LogP) is 6.76. The maximum Gasteiger partial charge on any atom is 0.343 e. The van der Waals surface area contributed by atoms with Crippen LogP contribution < -0.4 is 4.74 Å². The SMILES string of the molecule is Cc1ccc(C(=O)Oc2cccc(/C=C3\SC(=O)N(Cc4ccc(Cl)cc4Cl)C3=O)c2)cc1. The van der Waals surface area contributed by atoms with Crippen molar-refractivity contribution >= 4 is 58.2 Å². The third-order valence-electron chi connectivity index (χ3n) is 4.87. The van der Waals surface area contributed by atoms with Gasteiger partial charge in [-0.1, -0.05) is 59.1 Å². The summed E-state index contributed by atoms with van der Waals surface area (Å²) in [6.07, 6.45) is 1.59. The average Bonchev–Trinajstić information content (AvgIpc) is 3.03. The maximum absolute atomic E-state index is 12.8. The number of halogens is 2. The smallest absolute Gasteiger partial charge is 0.343 e. The quantitative estimate of drug-likeness (QED) is 0.221. The molecule has 0 unspecified atom stereocenters. The molecule has 2 amide bonds. The zero-order valence-corrected chi connectivity index (χ0v) is 19.7. The van der Waals surface area contributed by atoms with Crippen LogP contribution in [0.25, 0.3) is 6.08 Å². The lowest BCUT2D eigenvalue weighted by atomic mass is 10.1. The van der Waals surface area contributed by atoms with E-state index in [1.165, 1.54) is 0 Å². The second kappa shape index (κ2) is 9.83. The van der Waals surface area contributed by atoms with Gasteiger partial charge in [0.2, 0.25) is 0 Å². The molecule has 0 aliphatic carbocycles. The minimum atomic E-state index is -0.479. The molecule has 1 aliphatic heterocycles. The van der Waals surface area contributed by atoms with Crippen molar-refractivity contribution in [1.82, 2.24) is 4.90 Å². The molecule has 0 bridgehead atoms. The number of carbonyl (C=O) groups excluding carboxylic acids is 3. The number of ether oxygens (including phenoxy) is 1. The molecule has 0 spiro atoms. The van der Waals surface area contributed by atoms with Gasteiger partial charge in [-0.3, -0.25) is 14.5 Å². The Bertz CT molecular complexity index is 1290. The fourth-order valence-corrected chi connectivity index (χ4v) is 4.44. The summed E-state index contributed by atoms with van der Waals surface area (Å²) in [5.74, 6) is -0.563. The topological polar surface area (TPSA) is 63.7 Å². The molecule has 4 rings (SSSR count). The van der Waals surface area contributed by atoms with E-state index in [0.29, 0.717) is 32.5 Å². The number of imide groups is 1. The number of carbonyl (C=O) groups is 3. The molecular formula is C25H17Cl2NO4S. The number of esters is 1. The van der Waals surface area contributed by atoms with Crippen LogP contribution in [0.5, 0.6) is 5.75 Å². The minimum Gasteiger partial charge on any atom is -0.423 e. The fraction of sp³-hybridized carbons (Fsp3) is 0.0800. The van der Waals surface area contributed by atoms with Crippen molar-refractivity contribution < 1.29 is 19.1 Å². The van der Waals surface area contributed by atoms with E-state index in [1.807, 2.05) is 19.1 Å². The molecule has 3 aromatic carbocycles. The summed E-state index contributed by atoms with van der Waals surface area (Å²) in [5.41, 5.74) is 2.72. The number of hydrogen-bond donors (Lipinski definition) is 0. The van der Waals surface area contributed by atoms with Gasteiger partial charge in [0.05, 0.1) is 17.0 Å². The number of benzene rings is 3. The van der Waals surface area contributed by atoms with Gasteiger partial charge >= 0.3 is 5.97 Å². The van der Waals surface area contributed by atoms with Gasteiger partial charge in [0, 0.05) is 10.0 Å². The van der Waals surface area contributed by atoms with Crippen LogP contribution in [-0.2, 0) is 11.3 Å². The largest absolute Gasteiger partial charge is 0.423 e. The van der Waals surface area contributed by atoms with Gasteiger partial charge in [-0.15, -0.1) is 0 Å². The molecule has 3 aromatic rings. The lowest BCUT2D eigenvalue weighted by molar-refractivity contribution is -0.123. The molecule has 0 radical (unpaired) electrons. The number of thioether (sulfide) groups is 1. The monoisotopic (exact) mass is 497 g/mol. The standard InChI is InChI=1S/C25H17Cl2NO4S/c1-15-5-7-17(8-6-15)24(30)32-20-4-2-3-16(11-20)12-22-23(29)28(25(31)33-22)14-18-9-10-19(26)13-21(18)27/h2-13H,14H2,1H3/b22-12-. The Morgan fingerprint density at radius 2 is 1.79 bits per heavy atom. The molecule has 1 saturated heterocycles. The third kappa shape index (κ3) is 5.47. The minimum absolute atomic E-state index is 0.0478. The Hall–Kier alpha value is -3.06. The second-order valence-corrected chi connectivity index (χ2v) is 9.17. The molecule has 5 nitrogen and oxygen atoms in total. The van der Waals surface area contributed by atoms with E-state index in [0.717, 1.165) is 22.2 Å². The molecule has 166 valence electrons. The zero-order valence-electron chi connectivity index (χ0n) is 17.4. The zero-order chi connectivity index (χ0) is 23.5. The average molecular weight is 498 g/mol. The van der Waals surface area contributed by atoms with Crippen molar-refractivity contribution in [2.45, 2.75) is 13.5 Å². The van der Waals surface area contributed by atoms with Crippen molar-refractivity contribution in [3.8, 4) is 5.75 Å². The van der Waals surface area contributed by atoms with Gasteiger partial charge < -0.3 is 4.74 Å². The van der Waals surface area contributed by atoms with Crippen molar-refractivity contribution in [3.05, 3.63) is 104 Å². The van der Waals surface area contributed by atoms with Gasteiger partial charge in [0.1, 0.15) is 5.75 Å². The van der Waals surface area contributed by atoms with E-state index in [-0.39, 0.29) is 16.7 Å². The van der Waals surface area contributed by atoms with Crippen molar-refractivity contribution in [3.63, 3.8) is 0 Å². The second-order valence-electron chi connectivity index (χ2n) is 7.33. The summed E-state index contributed by atoms with van der Waals surface area (Å²) in [6.45, 7) is 1.98. The summed E-state index contributed by atoms with van der Waals surface area (Å²) in [7, 11) is 0. The van der Waals surface area contributed by atoms with Crippen LogP contribution in [0.4, 0.5) is 4.79 Å². The Morgan fingerprint density at radius 1 is 1.03 bits per heavy atom. The van der Waals surface area contributed by atoms with Crippen LogP contribution in [-0.4, -0.2) is 22.0 Å². The number of amides is 2. The lowest BCUT2D eigenvalue weighted by Crippen LogP contribution is -2.27. The Morgan fingerprint density at radius 3 is 2.52 bits per heavy atom. The first kappa shape index (κ1) is 23.1. The maximum atomic E-state index is 12.8. The van der Waals surface area contributed by atoms with Gasteiger partial charge in [-0.05, 0) is 72.3 Å². The first-order valence-corrected chi connectivity index (χ1v) is 11.5. The molecule has 1 heterocycles. The summed E-state index contributed by atoms with van der Waals surface area (Å²) in [5, 5.41) is 0.466. The van der Waals surface area contributed by atoms with Crippen molar-refractivity contribution in [2.75, 3.05) is 0 Å². The summed E-state index contributed by atoms with van der Waals surface area (Å²) >= 11 is 12.9. The number of aryl methyl sites for hydroxylation is 1. The van der Waals surface area contributed by atoms with E-state index in [1.54, 1.807) is 60.7 Å². The molecule has 33 heavy (non-hydrogen) atoms. The van der Waals surface area contributed by atoms with Crippen LogP contribution >= 0.6 is 35.0 Å². The van der Waals surface area contributed by atoms with Crippen molar-refractivity contribution in [1.29, 1.82) is 0 Å². The van der Waals surface area contributed by atoms with Crippen LogP contribution in [0.1, 0.15) is 27.0 Å². The van der Waals surface area contributed by atoms with Crippen LogP contribution in [0.3, 0.4) is 0 Å². The molecule has 0 aromatic heterocycles. The summed E-state index contributed by atoms with van der Waals surface area (Å²) in [4.78, 5) is 39.1. The van der Waals surface area contributed by atoms with Crippen LogP contribution in [0.15, 0.2) is 71.6 Å². The third-order valence-corrected chi connectivity index (χ3v) is 6.37. The van der Waals surface area contributed by atoms with Gasteiger partial charge in [-0.25, -0.2) is 4.79 Å². The van der Waals surface area contributed by atoms with Gasteiger partial charge in [0.15, 0.2) is 0 Å². The summed E-state index contributed by atoms with van der Waals surface area (Å²) < 4.78 is 5.45. The normalized spacial score (nSPS) is 14.8. The highest BCUT2D eigenvalue weighted by Crippen LogP contribution is 2.35. The molecule has 0 saturated carbocycles. The highest BCUT2D eigenvalue weighted by molar-refractivity contribution is 8.18. The molecule has 0 atom stereocenters. The highest BCUT2D eigenvalue weighted by atomic mass is 35.5. The number of rotatable bonds is 5. The Labute approximate surface area is 204 Å². The first-order chi connectivity index (χ1) is 15.8. The predicted molar refractivity (Wildman–Crippen MR) is 131 cm³/mol. The number of nitrogens with zero attached hydrogens (tertiary/aromatic N) is 1. The molecule has 1 aliphatic rings. The van der Waals surface area contributed by atoms with Gasteiger partial charge in [-0.2, -0.15) is 0 Å². The first-order valence-electron chi connectivity index (χ1n) is 9.88. The lowest BCUT2D eigenvalue weighted by Gasteiger charge is -2.13.